The van der Waals surface area contributed by atoms with E-state index in [4.69, 9.17) is 5.11 Å². The first kappa shape index (κ1) is 13.2. The Morgan fingerprint density at radius 2 is 1.88 bits per heavy atom. The molecule has 0 aliphatic carbocycles. The number of aliphatic hydroxyl groups excluding tert-OH is 1. The van der Waals surface area contributed by atoms with Gasteiger partial charge in [-0.15, -0.1) is 0 Å². The monoisotopic (exact) mass is 221 g/mol. The molecule has 1 aromatic rings. The van der Waals surface area contributed by atoms with Crippen molar-refractivity contribution >= 4 is 0 Å². The Morgan fingerprint density at radius 1 is 1.25 bits per heavy atom. The summed E-state index contributed by atoms with van der Waals surface area (Å²) in [5.41, 5.74) is 2.69. The maximum atomic E-state index is 8.79. The van der Waals surface area contributed by atoms with Gasteiger partial charge in [0.1, 0.15) is 0 Å². The maximum absolute atomic E-state index is 8.79. The topological polar surface area (TPSA) is 23.5 Å². The number of hydrogen-bond acceptors (Lipinski definition) is 2. The van der Waals surface area contributed by atoms with Gasteiger partial charge in [-0.2, -0.15) is 0 Å². The van der Waals surface area contributed by atoms with Gasteiger partial charge in [-0.25, -0.2) is 0 Å². The minimum Gasteiger partial charge on any atom is -0.396 e. The molecule has 0 bridgehead atoms. The molecule has 0 heterocycles. The number of hydrogen-bond donors (Lipinski definition) is 1. The molecule has 0 radical (unpaired) electrons. The van der Waals surface area contributed by atoms with Crippen molar-refractivity contribution in [2.75, 3.05) is 20.2 Å². The van der Waals surface area contributed by atoms with Gasteiger partial charge in [-0.05, 0) is 39.3 Å². The van der Waals surface area contributed by atoms with Crippen molar-refractivity contribution in [2.24, 2.45) is 0 Å². The van der Waals surface area contributed by atoms with Crippen LogP contribution >= 0.6 is 0 Å². The molecule has 1 aromatic carbocycles. The predicted octanol–water partition coefficient (Wildman–Crippen LogP) is 2.24. The molecule has 2 heteroatoms. The number of rotatable bonds is 6. The summed E-state index contributed by atoms with van der Waals surface area (Å²) in [7, 11) is 2.12. The average molecular weight is 221 g/mol. The molecule has 0 spiro atoms. The molecule has 90 valence electrons. The first-order valence-electron chi connectivity index (χ1n) is 6.00. The van der Waals surface area contributed by atoms with Crippen LogP contribution in [-0.2, 0) is 6.42 Å². The smallest absolute Gasteiger partial charge is 0.0443 e. The second-order valence-corrected chi connectivity index (χ2v) is 4.60. The first-order chi connectivity index (χ1) is 7.63. The van der Waals surface area contributed by atoms with Gasteiger partial charge < -0.3 is 10.0 Å². The van der Waals surface area contributed by atoms with Gasteiger partial charge in [-0.3, -0.25) is 0 Å². The second-order valence-electron chi connectivity index (χ2n) is 4.60. The van der Waals surface area contributed by atoms with E-state index in [1.54, 1.807) is 0 Å². The van der Waals surface area contributed by atoms with E-state index in [9.17, 15) is 0 Å². The Labute approximate surface area is 98.9 Å². The Kier molecular flexibility index (Phi) is 5.50. The third-order valence-electron chi connectivity index (χ3n) is 3.07. The molecule has 2 nitrogen and oxygen atoms in total. The van der Waals surface area contributed by atoms with E-state index in [-0.39, 0.29) is 6.61 Å². The Morgan fingerprint density at radius 3 is 2.44 bits per heavy atom. The first-order valence-corrected chi connectivity index (χ1v) is 6.00. The minimum atomic E-state index is 0.279. The quantitative estimate of drug-likeness (QED) is 0.796. The molecule has 1 N–H and O–H groups in total. The van der Waals surface area contributed by atoms with Gasteiger partial charge in [-0.1, -0.05) is 29.8 Å². The van der Waals surface area contributed by atoms with Gasteiger partial charge in [0.05, 0.1) is 0 Å². The molecule has 0 saturated heterocycles. The molecule has 0 amide bonds. The van der Waals surface area contributed by atoms with Crippen LogP contribution in [0.25, 0.3) is 0 Å². The normalized spacial score (nSPS) is 13.1. The third-order valence-corrected chi connectivity index (χ3v) is 3.07. The van der Waals surface area contributed by atoms with E-state index < -0.39 is 0 Å². The zero-order valence-electron chi connectivity index (χ0n) is 10.6. The molecule has 1 unspecified atom stereocenters. The van der Waals surface area contributed by atoms with E-state index >= 15 is 0 Å². The lowest BCUT2D eigenvalue weighted by Crippen LogP contribution is -2.32. The molecule has 1 rings (SSSR count). The number of likely N-dealkylation sites (N-methyl/N-ethyl adjacent to an activating group) is 1. The maximum Gasteiger partial charge on any atom is 0.0443 e. The van der Waals surface area contributed by atoms with Crippen LogP contribution in [0.5, 0.6) is 0 Å². The van der Waals surface area contributed by atoms with Crippen molar-refractivity contribution in [3.05, 3.63) is 35.4 Å². The summed E-state index contributed by atoms with van der Waals surface area (Å²) < 4.78 is 0. The number of nitrogens with zero attached hydrogens (tertiary/aromatic N) is 1. The predicted molar refractivity (Wildman–Crippen MR) is 68.7 cm³/mol. The summed E-state index contributed by atoms with van der Waals surface area (Å²) in [6.07, 6.45) is 1.93. The van der Waals surface area contributed by atoms with Crippen LogP contribution in [0.1, 0.15) is 24.5 Å². The number of aryl methyl sites for hydroxylation is 1. The van der Waals surface area contributed by atoms with Crippen LogP contribution in [0.4, 0.5) is 0 Å². The van der Waals surface area contributed by atoms with Crippen molar-refractivity contribution in [3.8, 4) is 0 Å². The van der Waals surface area contributed by atoms with Crippen LogP contribution < -0.4 is 0 Å². The molecule has 0 aliphatic heterocycles. The molecule has 0 aliphatic rings. The highest BCUT2D eigenvalue weighted by atomic mass is 16.3. The molecule has 0 fully saturated rings. The average Bonchev–Trinajstić information content (AvgIpc) is 2.29. The summed E-state index contributed by atoms with van der Waals surface area (Å²) in [6, 6.07) is 9.25. The van der Waals surface area contributed by atoms with E-state index in [0.29, 0.717) is 6.04 Å². The van der Waals surface area contributed by atoms with Crippen LogP contribution in [0.3, 0.4) is 0 Å². The molecule has 0 aromatic heterocycles. The van der Waals surface area contributed by atoms with Crippen molar-refractivity contribution in [2.45, 2.75) is 32.7 Å². The second kappa shape index (κ2) is 6.66. The minimum absolute atomic E-state index is 0.279. The lowest BCUT2D eigenvalue weighted by Gasteiger charge is -2.24. The van der Waals surface area contributed by atoms with Crippen molar-refractivity contribution < 1.29 is 5.11 Å². The fourth-order valence-corrected chi connectivity index (χ4v) is 1.76. The van der Waals surface area contributed by atoms with E-state index in [1.165, 1.54) is 11.1 Å². The number of aliphatic hydroxyl groups is 1. The van der Waals surface area contributed by atoms with Gasteiger partial charge in [0.2, 0.25) is 0 Å². The van der Waals surface area contributed by atoms with Crippen molar-refractivity contribution in [1.29, 1.82) is 0 Å². The Bertz CT molecular complexity index is 294. The van der Waals surface area contributed by atoms with Crippen molar-refractivity contribution in [1.82, 2.24) is 4.90 Å². The van der Waals surface area contributed by atoms with Crippen LogP contribution in [0.15, 0.2) is 24.3 Å². The van der Waals surface area contributed by atoms with Gasteiger partial charge >= 0.3 is 0 Å². The van der Waals surface area contributed by atoms with E-state index in [0.717, 1.165) is 19.4 Å². The zero-order chi connectivity index (χ0) is 12.0. The van der Waals surface area contributed by atoms with Gasteiger partial charge in [0, 0.05) is 19.2 Å². The molecular formula is C14H23NO. The molecular weight excluding hydrogens is 198 g/mol. The highest BCUT2D eigenvalue weighted by Crippen LogP contribution is 2.09. The highest BCUT2D eigenvalue weighted by Gasteiger charge is 2.09. The molecule has 16 heavy (non-hydrogen) atoms. The SMILES string of the molecule is Cc1ccc(CC(C)N(C)CCCO)cc1. The number of benzene rings is 1. The summed E-state index contributed by atoms with van der Waals surface area (Å²) in [6.45, 7) is 5.59. The van der Waals surface area contributed by atoms with Crippen LogP contribution in [0, 0.1) is 6.92 Å². The van der Waals surface area contributed by atoms with Crippen LogP contribution in [-0.4, -0.2) is 36.2 Å². The Hall–Kier alpha value is -0.860. The standard InChI is InChI=1S/C14H23NO/c1-12-5-7-14(8-6-12)11-13(2)15(3)9-4-10-16/h5-8,13,16H,4,9-11H2,1-3H3. The highest BCUT2D eigenvalue weighted by molar-refractivity contribution is 5.21. The fraction of sp³-hybridized carbons (Fsp3) is 0.571. The molecule has 0 saturated carbocycles. The zero-order valence-corrected chi connectivity index (χ0v) is 10.6. The summed E-state index contributed by atoms with van der Waals surface area (Å²) in [5.74, 6) is 0. The largest absolute Gasteiger partial charge is 0.396 e. The fourth-order valence-electron chi connectivity index (χ4n) is 1.76. The summed E-state index contributed by atoms with van der Waals surface area (Å²) in [4.78, 5) is 2.30. The Balaban J connectivity index is 2.43. The van der Waals surface area contributed by atoms with Crippen molar-refractivity contribution in [3.63, 3.8) is 0 Å². The third kappa shape index (κ3) is 4.33. The van der Waals surface area contributed by atoms with E-state index in [1.807, 2.05) is 0 Å². The lowest BCUT2D eigenvalue weighted by atomic mass is 10.0. The van der Waals surface area contributed by atoms with Gasteiger partial charge in [0.15, 0.2) is 0 Å². The van der Waals surface area contributed by atoms with Crippen LogP contribution in [0.2, 0.25) is 0 Å². The summed E-state index contributed by atoms with van der Waals surface area (Å²) in [5, 5.41) is 8.79. The van der Waals surface area contributed by atoms with E-state index in [2.05, 4.69) is 50.1 Å². The molecule has 1 atom stereocenters. The van der Waals surface area contributed by atoms with Gasteiger partial charge in [0.25, 0.3) is 0 Å². The lowest BCUT2D eigenvalue weighted by molar-refractivity contribution is 0.214. The summed E-state index contributed by atoms with van der Waals surface area (Å²) >= 11 is 0.